The third-order valence-electron chi connectivity index (χ3n) is 2.98. The van der Waals surface area contributed by atoms with Crippen molar-refractivity contribution in [2.45, 2.75) is 0 Å². The Balaban J connectivity index is 1.74. The van der Waals surface area contributed by atoms with E-state index < -0.39 is 0 Å². The highest BCUT2D eigenvalue weighted by molar-refractivity contribution is 7.19. The van der Waals surface area contributed by atoms with Crippen LogP contribution in [0, 0.1) is 0 Å². The van der Waals surface area contributed by atoms with Crippen LogP contribution in [-0.2, 0) is 0 Å². The maximum absolute atomic E-state index is 6.25. The standard InChI is InChI=1S/C18H13ClN2S/c19-17-16(15-11-5-2-6-12-15)21-18(22-17)20-13-7-10-14-8-3-1-4-9-14/h1-13H/b10-7+,20-13+. The van der Waals surface area contributed by atoms with Crippen LogP contribution in [0.15, 0.2) is 71.7 Å². The van der Waals surface area contributed by atoms with Crippen molar-refractivity contribution in [2.75, 3.05) is 0 Å². The van der Waals surface area contributed by atoms with E-state index in [0.717, 1.165) is 16.8 Å². The molecule has 0 amide bonds. The Morgan fingerprint density at radius 3 is 2.36 bits per heavy atom. The number of rotatable bonds is 4. The molecule has 0 saturated carbocycles. The zero-order valence-corrected chi connectivity index (χ0v) is 13.3. The lowest BCUT2D eigenvalue weighted by atomic mass is 10.2. The van der Waals surface area contributed by atoms with Crippen molar-refractivity contribution in [1.82, 2.24) is 4.98 Å². The molecule has 0 spiro atoms. The van der Waals surface area contributed by atoms with Gasteiger partial charge in [0.25, 0.3) is 0 Å². The Kier molecular flexibility index (Phi) is 4.78. The molecule has 4 heteroatoms. The molecule has 108 valence electrons. The fourth-order valence-corrected chi connectivity index (χ4v) is 2.97. The smallest absolute Gasteiger partial charge is 0.211 e. The van der Waals surface area contributed by atoms with Crippen molar-refractivity contribution < 1.29 is 0 Å². The number of hydrogen-bond acceptors (Lipinski definition) is 3. The molecular formula is C18H13ClN2S. The molecule has 0 aliphatic rings. The van der Waals surface area contributed by atoms with Gasteiger partial charge in [-0.3, -0.25) is 0 Å². The molecule has 0 aliphatic heterocycles. The summed E-state index contributed by atoms with van der Waals surface area (Å²) in [7, 11) is 0. The quantitative estimate of drug-likeness (QED) is 0.550. The molecule has 0 bridgehead atoms. The normalized spacial score (nSPS) is 11.5. The van der Waals surface area contributed by atoms with Crippen molar-refractivity contribution in [1.29, 1.82) is 0 Å². The number of aliphatic imine (C=N–C) groups is 1. The van der Waals surface area contributed by atoms with Crippen LogP contribution in [0.3, 0.4) is 0 Å². The van der Waals surface area contributed by atoms with Crippen LogP contribution in [0.1, 0.15) is 5.56 Å². The summed E-state index contributed by atoms with van der Waals surface area (Å²) >= 11 is 7.63. The van der Waals surface area contributed by atoms with E-state index in [1.165, 1.54) is 11.3 Å². The van der Waals surface area contributed by atoms with Gasteiger partial charge in [-0.1, -0.05) is 89.7 Å². The largest absolute Gasteiger partial charge is 0.228 e. The van der Waals surface area contributed by atoms with Crippen LogP contribution >= 0.6 is 22.9 Å². The van der Waals surface area contributed by atoms with Crippen LogP contribution in [0.2, 0.25) is 4.34 Å². The van der Waals surface area contributed by atoms with Crippen LogP contribution < -0.4 is 0 Å². The Morgan fingerprint density at radius 2 is 1.64 bits per heavy atom. The summed E-state index contributed by atoms with van der Waals surface area (Å²) in [6, 6.07) is 20.0. The van der Waals surface area contributed by atoms with Gasteiger partial charge in [0, 0.05) is 11.8 Å². The van der Waals surface area contributed by atoms with Crippen LogP contribution in [0.4, 0.5) is 5.13 Å². The molecule has 3 rings (SSSR count). The first-order valence-electron chi connectivity index (χ1n) is 6.80. The monoisotopic (exact) mass is 324 g/mol. The van der Waals surface area contributed by atoms with Gasteiger partial charge >= 0.3 is 0 Å². The summed E-state index contributed by atoms with van der Waals surface area (Å²) in [5, 5.41) is 0.654. The summed E-state index contributed by atoms with van der Waals surface area (Å²) in [4.78, 5) is 8.82. The average Bonchev–Trinajstić information content (AvgIpc) is 2.94. The molecule has 0 fully saturated rings. The second-order valence-corrected chi connectivity index (χ2v) is 6.11. The van der Waals surface area contributed by atoms with Gasteiger partial charge in [0.1, 0.15) is 10.0 Å². The van der Waals surface area contributed by atoms with Gasteiger partial charge in [0.15, 0.2) is 0 Å². The predicted molar refractivity (Wildman–Crippen MR) is 96.2 cm³/mol. The number of halogens is 1. The van der Waals surface area contributed by atoms with Crippen LogP contribution in [0.5, 0.6) is 0 Å². The second kappa shape index (κ2) is 7.16. The molecule has 3 aromatic rings. The van der Waals surface area contributed by atoms with Gasteiger partial charge in [0.05, 0.1) is 0 Å². The predicted octanol–water partition coefficient (Wildman–Crippen LogP) is 5.88. The summed E-state index contributed by atoms with van der Waals surface area (Å²) in [5.74, 6) is 0. The molecule has 0 unspecified atom stereocenters. The average molecular weight is 325 g/mol. The van der Waals surface area contributed by atoms with E-state index in [1.54, 1.807) is 6.21 Å². The number of benzene rings is 2. The number of aromatic nitrogens is 1. The highest BCUT2D eigenvalue weighted by Crippen LogP contribution is 2.36. The van der Waals surface area contributed by atoms with Gasteiger partial charge in [-0.15, -0.1) is 0 Å². The van der Waals surface area contributed by atoms with Crippen LogP contribution in [0.25, 0.3) is 17.3 Å². The lowest BCUT2D eigenvalue weighted by Crippen LogP contribution is -1.76. The first-order valence-corrected chi connectivity index (χ1v) is 8.00. The van der Waals surface area contributed by atoms with E-state index in [-0.39, 0.29) is 0 Å². The van der Waals surface area contributed by atoms with Crippen molar-refractivity contribution in [3.8, 4) is 11.3 Å². The third kappa shape index (κ3) is 3.70. The fourth-order valence-electron chi connectivity index (χ4n) is 1.95. The third-order valence-corrected chi connectivity index (χ3v) is 4.14. The van der Waals surface area contributed by atoms with Crippen molar-refractivity contribution in [3.05, 3.63) is 76.6 Å². The molecule has 0 N–H and O–H groups in total. The SMILES string of the molecule is Clc1sc(/N=C/C=C/c2ccccc2)nc1-c1ccccc1. The zero-order chi connectivity index (χ0) is 15.2. The second-order valence-electron chi connectivity index (χ2n) is 4.53. The maximum atomic E-state index is 6.25. The lowest BCUT2D eigenvalue weighted by Gasteiger charge is -1.94. The van der Waals surface area contributed by atoms with Crippen molar-refractivity contribution in [3.63, 3.8) is 0 Å². The van der Waals surface area contributed by atoms with E-state index in [9.17, 15) is 0 Å². The molecule has 2 nitrogen and oxygen atoms in total. The van der Waals surface area contributed by atoms with Gasteiger partial charge in [-0.2, -0.15) is 0 Å². The molecule has 1 heterocycles. The molecular weight excluding hydrogens is 312 g/mol. The van der Waals surface area contributed by atoms with Gasteiger partial charge in [-0.05, 0) is 11.6 Å². The Bertz CT molecular complexity index is 792. The molecule has 1 aromatic heterocycles. The van der Waals surface area contributed by atoms with Crippen molar-refractivity contribution >= 4 is 40.4 Å². The molecule has 0 aliphatic carbocycles. The minimum Gasteiger partial charge on any atom is -0.228 e. The summed E-state index contributed by atoms with van der Waals surface area (Å²) in [5.41, 5.74) is 2.92. The van der Waals surface area contributed by atoms with E-state index >= 15 is 0 Å². The van der Waals surface area contributed by atoms with Crippen molar-refractivity contribution in [2.24, 2.45) is 4.99 Å². The zero-order valence-electron chi connectivity index (χ0n) is 11.7. The summed E-state index contributed by atoms with van der Waals surface area (Å²) in [6.07, 6.45) is 5.63. The molecule has 0 atom stereocenters. The Morgan fingerprint density at radius 1 is 0.955 bits per heavy atom. The number of hydrogen-bond donors (Lipinski definition) is 0. The van der Waals surface area contributed by atoms with E-state index in [2.05, 4.69) is 9.98 Å². The minimum atomic E-state index is 0.654. The van der Waals surface area contributed by atoms with Gasteiger partial charge < -0.3 is 0 Å². The molecule has 22 heavy (non-hydrogen) atoms. The highest BCUT2D eigenvalue weighted by Gasteiger charge is 2.09. The number of allylic oxidation sites excluding steroid dienone is 1. The van der Waals surface area contributed by atoms with E-state index in [0.29, 0.717) is 9.47 Å². The first kappa shape index (κ1) is 14.7. The summed E-state index contributed by atoms with van der Waals surface area (Å²) < 4.78 is 0.658. The van der Waals surface area contributed by atoms with Gasteiger partial charge in [0.2, 0.25) is 5.13 Å². The Hall–Kier alpha value is -2.23. The topological polar surface area (TPSA) is 25.2 Å². The fraction of sp³-hybridized carbons (Fsp3) is 0. The molecule has 0 radical (unpaired) electrons. The first-order chi connectivity index (χ1) is 10.8. The number of thiazole rings is 1. The lowest BCUT2D eigenvalue weighted by molar-refractivity contribution is 1.36. The van der Waals surface area contributed by atoms with Gasteiger partial charge in [-0.25, -0.2) is 9.98 Å². The number of nitrogens with zero attached hydrogens (tertiary/aromatic N) is 2. The highest BCUT2D eigenvalue weighted by atomic mass is 35.5. The maximum Gasteiger partial charge on any atom is 0.211 e. The molecule has 0 saturated heterocycles. The van der Waals surface area contributed by atoms with Crippen LogP contribution in [-0.4, -0.2) is 11.2 Å². The van der Waals surface area contributed by atoms with E-state index in [4.69, 9.17) is 11.6 Å². The minimum absolute atomic E-state index is 0.654. The van der Waals surface area contributed by atoms with E-state index in [1.807, 2.05) is 72.8 Å². The summed E-state index contributed by atoms with van der Waals surface area (Å²) in [6.45, 7) is 0. The molecule has 2 aromatic carbocycles. The Labute approximate surface area is 138 Å².